The lowest BCUT2D eigenvalue weighted by molar-refractivity contribution is -0.135. The van der Waals surface area contributed by atoms with Crippen molar-refractivity contribution in [3.05, 3.63) is 83.7 Å². The minimum Gasteiger partial charge on any atom is -0.401 e. The van der Waals surface area contributed by atoms with Crippen molar-refractivity contribution >= 4 is 64.1 Å². The number of hydrogen-bond donors (Lipinski definition) is 15. The van der Waals surface area contributed by atoms with E-state index >= 15 is 0 Å². The number of H-pyrrole nitrogens is 1. The summed E-state index contributed by atoms with van der Waals surface area (Å²) in [5.74, 6) is -5.78. The van der Waals surface area contributed by atoms with E-state index < -0.39 is 89.6 Å². The van der Waals surface area contributed by atoms with Crippen molar-refractivity contribution in [2.75, 3.05) is 26.2 Å². The van der Waals surface area contributed by atoms with Crippen molar-refractivity contribution in [3.63, 3.8) is 0 Å². The second-order valence-electron chi connectivity index (χ2n) is 17.9. The van der Waals surface area contributed by atoms with Gasteiger partial charge in [0.1, 0.15) is 36.3 Å². The van der Waals surface area contributed by atoms with Gasteiger partial charge >= 0.3 is 0 Å². The van der Waals surface area contributed by atoms with E-state index in [9.17, 15) is 38.4 Å². The quantitative estimate of drug-likeness (QED) is 0.0403. The molecule has 392 valence electrons. The molecule has 1 saturated heterocycles. The zero-order valence-corrected chi connectivity index (χ0v) is 41.1. The maximum Gasteiger partial charge on any atom is 0.243 e. The Morgan fingerprint density at radius 2 is 1.38 bits per heavy atom. The number of para-hydroxylation sites is 1. The van der Waals surface area contributed by atoms with Gasteiger partial charge in [0, 0.05) is 62.1 Å². The molecule has 1 fully saturated rings. The summed E-state index contributed by atoms with van der Waals surface area (Å²) in [6, 6.07) is 6.20. The first-order valence-electron chi connectivity index (χ1n) is 24.3. The summed E-state index contributed by atoms with van der Waals surface area (Å²) in [5, 5.41) is 32.8. The van der Waals surface area contributed by atoms with Gasteiger partial charge in [-0.2, -0.15) is 0 Å². The molecule has 19 N–H and O–H groups in total. The molecule has 3 aromatic rings. The molecule has 1 aliphatic rings. The molecule has 1 unspecified atom stereocenters. The minimum absolute atomic E-state index is 0.0349. The summed E-state index contributed by atoms with van der Waals surface area (Å²) >= 11 is 0. The van der Waals surface area contributed by atoms with Gasteiger partial charge < -0.3 is 75.8 Å². The van der Waals surface area contributed by atoms with Crippen LogP contribution in [-0.4, -0.2) is 127 Å². The molecule has 23 heteroatoms. The lowest BCUT2D eigenvalue weighted by atomic mass is 9.99. The molecule has 1 aliphatic heterocycles. The normalized spacial score (nSPS) is 21.6. The van der Waals surface area contributed by atoms with Crippen molar-refractivity contribution in [1.82, 2.24) is 52.8 Å². The van der Waals surface area contributed by atoms with Gasteiger partial charge in [0.15, 0.2) is 5.96 Å². The average Bonchev–Trinajstić information content (AvgIpc) is 3.75. The third-order valence-corrected chi connectivity index (χ3v) is 12.2. The lowest BCUT2D eigenvalue weighted by Crippen LogP contribution is -2.60. The van der Waals surface area contributed by atoms with E-state index in [1.165, 1.54) is 6.92 Å². The molecule has 72 heavy (non-hydrogen) atoms. The van der Waals surface area contributed by atoms with Crippen LogP contribution in [0.5, 0.6) is 0 Å². The van der Waals surface area contributed by atoms with Crippen molar-refractivity contribution in [3.8, 4) is 0 Å². The Balaban J connectivity index is 1.74. The minimum atomic E-state index is -1.42. The number of nitrogens with two attached hydrogens (primary N) is 4. The number of rotatable bonds is 17. The number of aryl methyl sites for hydroxylation is 1. The third kappa shape index (κ3) is 18.3. The second-order valence-corrected chi connectivity index (χ2v) is 17.9. The molecule has 2 heterocycles. The zero-order chi connectivity index (χ0) is 52.7. The number of amides is 8. The van der Waals surface area contributed by atoms with Gasteiger partial charge in [-0.15, -0.1) is 0 Å². The van der Waals surface area contributed by atoms with Gasteiger partial charge in [-0.3, -0.25) is 43.8 Å². The van der Waals surface area contributed by atoms with E-state index in [0.717, 1.165) is 22.0 Å². The number of aromatic amines is 1. The van der Waals surface area contributed by atoms with Crippen molar-refractivity contribution in [2.24, 2.45) is 22.9 Å². The lowest BCUT2D eigenvalue weighted by Gasteiger charge is -2.28. The highest BCUT2D eigenvalue weighted by Crippen LogP contribution is 2.20. The van der Waals surface area contributed by atoms with Gasteiger partial charge in [-0.1, -0.05) is 49.0 Å². The molecule has 23 nitrogen and oxygen atoms in total. The third-order valence-electron chi connectivity index (χ3n) is 12.2. The number of hydrogen-bond acceptors (Lipinski definition) is 12. The van der Waals surface area contributed by atoms with Gasteiger partial charge in [0.05, 0.1) is 6.04 Å². The van der Waals surface area contributed by atoms with Crippen LogP contribution in [0.2, 0.25) is 0 Å². The van der Waals surface area contributed by atoms with Crippen molar-refractivity contribution < 1.29 is 38.4 Å². The first-order chi connectivity index (χ1) is 34.4. The average molecular weight is 1000 g/mol. The van der Waals surface area contributed by atoms with E-state index in [1.807, 2.05) is 43.3 Å². The van der Waals surface area contributed by atoms with Gasteiger partial charge in [-0.25, -0.2) is 0 Å². The SMILES string of the molecule is C=C(N)C1CCCNC(=O)CC[C@H](NC(=O)[C@H](CCCNC(=N)N)NC(C)=O)C(=O)N[C@@H](CCN)C(=O)N[C@H](Cc2ccccc2C)C(=O)N[C@@H](CCCN)C(=O)N[C@@H](Cc2c[nH]c3ccccc23)C(=O)N1. The molecule has 2 aromatic carbocycles. The summed E-state index contributed by atoms with van der Waals surface area (Å²) < 4.78 is 0. The predicted molar refractivity (Wildman–Crippen MR) is 272 cm³/mol. The smallest absolute Gasteiger partial charge is 0.243 e. The fourth-order valence-electron chi connectivity index (χ4n) is 8.22. The fraction of sp³-hybridized carbons (Fsp3) is 0.490. The van der Waals surface area contributed by atoms with Crippen molar-refractivity contribution in [2.45, 2.75) is 127 Å². The standard InChI is InChI=1S/C49H73N15O8/c1-28-11-4-5-12-31(28)25-40-48(72)60-37(15-8-21-50)44(68)64-41(26-32-27-57-35-14-7-6-13-33(32)35)47(71)59-34(29(2)52)16-9-23-55-42(66)19-18-38(45(69)62-39(20-22-51)46(70)63-40)61-43(67)36(58-30(3)65)17-10-24-56-49(53)54/h4-7,11-14,27,34,36-41,57H,2,8-10,15-26,50-52H2,1,3H3,(H,55,66)(H,58,65)(H,59,71)(H,60,72)(H,61,67)(H,62,69)(H,63,70)(H,64,68)(H4,53,54,56)/t34?,36-,37-,38-,39-,40+,41-/m0/s1. The molecular weight excluding hydrogens is 927 g/mol. The summed E-state index contributed by atoms with van der Waals surface area (Å²) in [4.78, 5) is 114. The van der Waals surface area contributed by atoms with E-state index in [4.69, 9.17) is 28.3 Å². The Morgan fingerprint density at radius 1 is 0.764 bits per heavy atom. The molecule has 1 aromatic heterocycles. The molecule has 0 bridgehead atoms. The molecule has 8 amide bonds. The summed E-state index contributed by atoms with van der Waals surface area (Å²) in [6.07, 6.45) is 2.35. The Labute approximate surface area is 419 Å². The number of benzene rings is 2. The van der Waals surface area contributed by atoms with E-state index in [2.05, 4.69) is 59.4 Å². The van der Waals surface area contributed by atoms with Crippen LogP contribution in [0.1, 0.15) is 81.4 Å². The highest BCUT2D eigenvalue weighted by molar-refractivity contribution is 5.97. The summed E-state index contributed by atoms with van der Waals surface area (Å²) in [6.45, 7) is 7.31. The molecule has 0 spiro atoms. The molecular formula is C49H73N15O8. The fourth-order valence-corrected chi connectivity index (χ4v) is 8.22. The first-order valence-corrected chi connectivity index (χ1v) is 24.3. The van der Waals surface area contributed by atoms with Crippen LogP contribution in [0.15, 0.2) is 67.0 Å². The van der Waals surface area contributed by atoms with Gasteiger partial charge in [0.25, 0.3) is 0 Å². The molecule has 4 rings (SSSR count). The number of carbonyl (C=O) groups is 8. The van der Waals surface area contributed by atoms with Crippen LogP contribution < -0.4 is 70.8 Å². The first kappa shape index (κ1) is 57.1. The molecule has 0 aliphatic carbocycles. The van der Waals surface area contributed by atoms with Gasteiger partial charge in [0.2, 0.25) is 47.3 Å². The van der Waals surface area contributed by atoms with E-state index in [0.29, 0.717) is 24.8 Å². The molecule has 0 radical (unpaired) electrons. The van der Waals surface area contributed by atoms with E-state index in [1.54, 1.807) is 18.3 Å². The molecule has 0 saturated carbocycles. The van der Waals surface area contributed by atoms with E-state index in [-0.39, 0.29) is 89.2 Å². The number of fused-ring (bicyclic) bond motifs is 1. The highest BCUT2D eigenvalue weighted by Gasteiger charge is 2.34. The maximum absolute atomic E-state index is 14.6. The van der Waals surface area contributed by atoms with Crippen LogP contribution in [-0.2, 0) is 51.2 Å². The second kappa shape index (κ2) is 29.0. The van der Waals surface area contributed by atoms with Crippen LogP contribution in [0.4, 0.5) is 0 Å². The number of guanidine groups is 1. The van der Waals surface area contributed by atoms with Crippen LogP contribution in [0, 0.1) is 12.3 Å². The Kier molecular flexibility index (Phi) is 23.0. The van der Waals surface area contributed by atoms with Crippen molar-refractivity contribution in [1.29, 1.82) is 5.41 Å². The predicted octanol–water partition coefficient (Wildman–Crippen LogP) is -1.81. The molecule has 7 atom stereocenters. The summed E-state index contributed by atoms with van der Waals surface area (Å²) in [7, 11) is 0. The van der Waals surface area contributed by atoms with Crippen LogP contribution in [0.25, 0.3) is 10.9 Å². The maximum atomic E-state index is 14.6. The van der Waals surface area contributed by atoms with Crippen LogP contribution in [0.3, 0.4) is 0 Å². The Bertz CT molecular complexity index is 2390. The monoisotopic (exact) mass is 1000 g/mol. The summed E-state index contributed by atoms with van der Waals surface area (Å²) in [5.41, 5.74) is 26.6. The van der Waals surface area contributed by atoms with Gasteiger partial charge in [-0.05, 0) is 94.1 Å². The number of aromatic nitrogens is 1. The number of carbonyl (C=O) groups excluding carboxylic acids is 8. The van der Waals surface area contributed by atoms with Crippen LogP contribution >= 0.6 is 0 Å². The number of nitrogens with one attached hydrogen (secondary N) is 11. The highest BCUT2D eigenvalue weighted by atomic mass is 16.2. The Hall–Kier alpha value is -7.53. The topological polar surface area (TPSA) is 389 Å². The Morgan fingerprint density at radius 3 is 2.03 bits per heavy atom. The largest absolute Gasteiger partial charge is 0.401 e. The zero-order valence-electron chi connectivity index (χ0n) is 41.1.